The molecule has 20 heavy (non-hydrogen) atoms. The molecule has 0 radical (unpaired) electrons. The third-order valence-electron chi connectivity index (χ3n) is 4.88. The molecule has 2 bridgehead atoms. The Balaban J connectivity index is 1.70. The van der Waals surface area contributed by atoms with Gasteiger partial charge in [-0.15, -0.1) is 11.3 Å². The van der Waals surface area contributed by atoms with E-state index in [0.29, 0.717) is 23.2 Å². The summed E-state index contributed by atoms with van der Waals surface area (Å²) < 4.78 is 27.1. The van der Waals surface area contributed by atoms with Crippen LogP contribution in [0, 0.1) is 17.8 Å². The Morgan fingerprint density at radius 1 is 1.35 bits per heavy atom. The van der Waals surface area contributed by atoms with E-state index in [2.05, 4.69) is 0 Å². The molecule has 1 aromatic rings. The zero-order chi connectivity index (χ0) is 14.3. The van der Waals surface area contributed by atoms with E-state index in [1.54, 1.807) is 17.4 Å². The summed E-state index contributed by atoms with van der Waals surface area (Å²) in [5.41, 5.74) is 5.56. The standard InChI is InChI=1S/C14H22N2O2S2/c1-16(9-12-7-10-2-3-11(12)6-10)20(17,18)14-5-4-13(8-15)19-14/h4-5,10-12H,2-3,6-9,15H2,1H3. The van der Waals surface area contributed by atoms with Gasteiger partial charge in [0.15, 0.2) is 0 Å². The van der Waals surface area contributed by atoms with E-state index < -0.39 is 10.0 Å². The summed E-state index contributed by atoms with van der Waals surface area (Å²) in [7, 11) is -1.62. The fourth-order valence-electron chi connectivity index (χ4n) is 3.79. The van der Waals surface area contributed by atoms with Gasteiger partial charge in [-0.1, -0.05) is 6.42 Å². The molecule has 3 rings (SSSR count). The van der Waals surface area contributed by atoms with Crippen molar-refractivity contribution in [3.63, 3.8) is 0 Å². The number of thiophene rings is 1. The Hall–Kier alpha value is -0.430. The van der Waals surface area contributed by atoms with Gasteiger partial charge in [0.1, 0.15) is 4.21 Å². The summed E-state index contributed by atoms with van der Waals surface area (Å²) in [6.45, 7) is 1.07. The van der Waals surface area contributed by atoms with Crippen molar-refractivity contribution in [1.29, 1.82) is 0 Å². The first-order valence-electron chi connectivity index (χ1n) is 7.26. The van der Waals surface area contributed by atoms with Crippen molar-refractivity contribution in [2.45, 2.75) is 36.4 Å². The minimum atomic E-state index is -3.34. The van der Waals surface area contributed by atoms with Gasteiger partial charge in [0.2, 0.25) is 0 Å². The topological polar surface area (TPSA) is 63.4 Å². The van der Waals surface area contributed by atoms with Crippen LogP contribution in [0.15, 0.2) is 16.3 Å². The molecule has 0 aliphatic heterocycles. The normalized spacial score (nSPS) is 29.4. The molecule has 2 fully saturated rings. The second-order valence-electron chi connectivity index (χ2n) is 6.15. The number of hydrogen-bond donors (Lipinski definition) is 1. The third-order valence-corrected chi connectivity index (χ3v) is 8.28. The summed E-state index contributed by atoms with van der Waals surface area (Å²) in [5, 5.41) is 0. The molecule has 0 saturated heterocycles. The van der Waals surface area contributed by atoms with Crippen molar-refractivity contribution in [1.82, 2.24) is 4.31 Å². The van der Waals surface area contributed by atoms with Crippen molar-refractivity contribution < 1.29 is 8.42 Å². The van der Waals surface area contributed by atoms with Crippen LogP contribution in [0.2, 0.25) is 0 Å². The fraction of sp³-hybridized carbons (Fsp3) is 0.714. The molecule has 2 aliphatic carbocycles. The van der Waals surface area contributed by atoms with Crippen LogP contribution in [0.5, 0.6) is 0 Å². The van der Waals surface area contributed by atoms with Crippen molar-refractivity contribution in [2.24, 2.45) is 23.5 Å². The minimum Gasteiger partial charge on any atom is -0.326 e. The van der Waals surface area contributed by atoms with E-state index in [1.807, 2.05) is 6.07 Å². The largest absolute Gasteiger partial charge is 0.326 e. The minimum absolute atomic E-state index is 0.399. The zero-order valence-electron chi connectivity index (χ0n) is 11.8. The lowest BCUT2D eigenvalue weighted by atomic mass is 9.89. The molecule has 0 amide bonds. The highest BCUT2D eigenvalue weighted by atomic mass is 32.2. The SMILES string of the molecule is CN(CC1CC2CCC1C2)S(=O)(=O)c1ccc(CN)s1. The number of hydrogen-bond acceptors (Lipinski definition) is 4. The molecule has 1 aromatic heterocycles. The first-order valence-corrected chi connectivity index (χ1v) is 9.51. The second-order valence-corrected chi connectivity index (χ2v) is 9.59. The summed E-state index contributed by atoms with van der Waals surface area (Å²) in [6.07, 6.45) is 5.17. The van der Waals surface area contributed by atoms with Crippen LogP contribution in [-0.4, -0.2) is 26.3 Å². The molecule has 2 N–H and O–H groups in total. The van der Waals surface area contributed by atoms with Gasteiger partial charge in [0.25, 0.3) is 10.0 Å². The average molecular weight is 314 g/mol. The van der Waals surface area contributed by atoms with Gasteiger partial charge >= 0.3 is 0 Å². The maximum Gasteiger partial charge on any atom is 0.252 e. The van der Waals surface area contributed by atoms with E-state index in [-0.39, 0.29) is 0 Å². The molecule has 0 aromatic carbocycles. The lowest BCUT2D eigenvalue weighted by Gasteiger charge is -2.26. The van der Waals surface area contributed by atoms with E-state index in [1.165, 1.54) is 37.0 Å². The summed E-state index contributed by atoms with van der Waals surface area (Å²) in [5.74, 6) is 2.16. The van der Waals surface area contributed by atoms with Crippen LogP contribution in [-0.2, 0) is 16.6 Å². The van der Waals surface area contributed by atoms with Crippen LogP contribution < -0.4 is 5.73 Å². The van der Waals surface area contributed by atoms with Gasteiger partial charge in [0.05, 0.1) is 0 Å². The lowest BCUT2D eigenvalue weighted by molar-refractivity contribution is 0.280. The first kappa shape index (κ1) is 14.5. The highest BCUT2D eigenvalue weighted by Crippen LogP contribution is 2.48. The summed E-state index contributed by atoms with van der Waals surface area (Å²) >= 11 is 1.29. The fourth-order valence-corrected chi connectivity index (χ4v) is 6.46. The maximum absolute atomic E-state index is 12.6. The van der Waals surface area contributed by atoms with Crippen molar-refractivity contribution >= 4 is 21.4 Å². The van der Waals surface area contributed by atoms with Gasteiger partial charge in [-0.2, -0.15) is 4.31 Å². The average Bonchev–Trinajstić information content (AvgIpc) is 3.14. The zero-order valence-corrected chi connectivity index (χ0v) is 13.4. The molecular weight excluding hydrogens is 292 g/mol. The molecule has 0 spiro atoms. The number of nitrogens with zero attached hydrogens (tertiary/aromatic N) is 1. The molecule has 6 heteroatoms. The second kappa shape index (κ2) is 5.40. The van der Waals surface area contributed by atoms with Gasteiger partial charge in [0, 0.05) is 25.0 Å². The van der Waals surface area contributed by atoms with Gasteiger partial charge in [-0.3, -0.25) is 0 Å². The van der Waals surface area contributed by atoms with Crippen LogP contribution in [0.1, 0.15) is 30.6 Å². The first-order chi connectivity index (χ1) is 9.50. The van der Waals surface area contributed by atoms with Crippen LogP contribution in [0.25, 0.3) is 0 Å². The number of sulfonamides is 1. The van der Waals surface area contributed by atoms with Crippen molar-refractivity contribution in [3.05, 3.63) is 17.0 Å². The quantitative estimate of drug-likeness (QED) is 0.907. The van der Waals surface area contributed by atoms with Crippen LogP contribution >= 0.6 is 11.3 Å². The Labute approximate surface area is 125 Å². The van der Waals surface area contributed by atoms with Crippen LogP contribution in [0.3, 0.4) is 0 Å². The molecule has 3 atom stereocenters. The highest BCUT2D eigenvalue weighted by Gasteiger charge is 2.41. The predicted octanol–water partition coefficient (Wildman–Crippen LogP) is 2.26. The van der Waals surface area contributed by atoms with Gasteiger partial charge < -0.3 is 5.73 Å². The smallest absolute Gasteiger partial charge is 0.252 e. The number of fused-ring (bicyclic) bond motifs is 2. The molecule has 4 nitrogen and oxygen atoms in total. The van der Waals surface area contributed by atoms with E-state index in [0.717, 1.165) is 16.7 Å². The van der Waals surface area contributed by atoms with Crippen LogP contribution in [0.4, 0.5) is 0 Å². The number of rotatable bonds is 5. The lowest BCUT2D eigenvalue weighted by Crippen LogP contribution is -2.33. The molecule has 2 saturated carbocycles. The summed E-state index contributed by atoms with van der Waals surface area (Å²) in [6, 6.07) is 3.49. The Morgan fingerprint density at radius 3 is 2.70 bits per heavy atom. The number of nitrogens with two attached hydrogens (primary N) is 1. The Bertz CT molecular complexity index is 582. The maximum atomic E-state index is 12.6. The third kappa shape index (κ3) is 2.54. The Morgan fingerprint density at radius 2 is 2.15 bits per heavy atom. The van der Waals surface area contributed by atoms with Crippen molar-refractivity contribution in [3.8, 4) is 0 Å². The molecular formula is C14H22N2O2S2. The Kier molecular flexibility index (Phi) is 3.92. The predicted molar refractivity (Wildman–Crippen MR) is 81.0 cm³/mol. The molecule has 2 aliphatic rings. The molecule has 112 valence electrons. The highest BCUT2D eigenvalue weighted by molar-refractivity contribution is 7.91. The van der Waals surface area contributed by atoms with Gasteiger partial charge in [-0.25, -0.2) is 8.42 Å². The van der Waals surface area contributed by atoms with Gasteiger partial charge in [-0.05, 0) is 49.1 Å². The monoisotopic (exact) mass is 314 g/mol. The van der Waals surface area contributed by atoms with E-state index >= 15 is 0 Å². The van der Waals surface area contributed by atoms with Crippen molar-refractivity contribution in [2.75, 3.05) is 13.6 Å². The summed E-state index contributed by atoms with van der Waals surface area (Å²) in [4.78, 5) is 0.914. The molecule has 3 unspecified atom stereocenters. The molecule has 1 heterocycles. The van der Waals surface area contributed by atoms with E-state index in [4.69, 9.17) is 5.73 Å². The van der Waals surface area contributed by atoms with E-state index in [9.17, 15) is 8.42 Å².